The van der Waals surface area contributed by atoms with Crippen molar-refractivity contribution in [1.82, 2.24) is 0 Å². The van der Waals surface area contributed by atoms with Crippen molar-refractivity contribution in [3.63, 3.8) is 0 Å². The summed E-state index contributed by atoms with van der Waals surface area (Å²) >= 11 is 0. The number of rotatable bonds is 8. The molecule has 0 aromatic heterocycles. The first-order chi connectivity index (χ1) is 18.9. The summed E-state index contributed by atoms with van der Waals surface area (Å²) in [5.41, 5.74) is 0. The van der Waals surface area contributed by atoms with Gasteiger partial charge in [0.2, 0.25) is 0 Å². The first-order valence-corrected chi connectivity index (χ1v) is 16.5. The van der Waals surface area contributed by atoms with E-state index in [0.29, 0.717) is 33.6 Å². The summed E-state index contributed by atoms with van der Waals surface area (Å²) in [6, 6.07) is 34.8. The highest BCUT2D eigenvalue weighted by Gasteiger charge is 2.23. The lowest BCUT2D eigenvalue weighted by molar-refractivity contribution is 0.0772. The van der Waals surface area contributed by atoms with Crippen LogP contribution in [-0.2, 0) is 9.13 Å². The molecule has 0 aliphatic rings. The molecule has 0 spiro atoms. The lowest BCUT2D eigenvalue weighted by Crippen LogP contribution is -2.16. The zero-order chi connectivity index (χ0) is 29.6. The van der Waals surface area contributed by atoms with Crippen molar-refractivity contribution in [2.75, 3.05) is 0 Å². The first kappa shape index (κ1) is 33.4. The minimum Gasteiger partial charge on any atom is -0.393 e. The van der Waals surface area contributed by atoms with Crippen molar-refractivity contribution >= 4 is 36.0 Å². The standard InChI is InChI=1S/2C12H11O2P.C8H18O2/c2*13-15(14,11-7-3-1-4-8-11)12-9-5-2-6-10-12;1-6(2)4-8(10)5-7(3)9/h2*1-10H,(H,13,14);6-10H,4-5H2,1-3H3. The van der Waals surface area contributed by atoms with Crippen molar-refractivity contribution in [1.29, 1.82) is 0 Å². The molecule has 2 atom stereocenters. The van der Waals surface area contributed by atoms with E-state index >= 15 is 0 Å². The summed E-state index contributed by atoms with van der Waals surface area (Å²) in [6.45, 7) is 5.82. The molecule has 4 N–H and O–H groups in total. The van der Waals surface area contributed by atoms with Gasteiger partial charge >= 0.3 is 0 Å². The third-order valence-corrected chi connectivity index (χ3v) is 9.77. The normalized spacial score (nSPS) is 12.8. The number of hydrogen-bond acceptors (Lipinski definition) is 4. The van der Waals surface area contributed by atoms with Crippen molar-refractivity contribution in [3.8, 4) is 0 Å². The average molecular weight is 583 g/mol. The van der Waals surface area contributed by atoms with Gasteiger partial charge in [0.05, 0.1) is 12.2 Å². The fraction of sp³-hybridized carbons (Fsp3) is 0.250. The summed E-state index contributed by atoms with van der Waals surface area (Å²) in [5, 5.41) is 20.0. The first-order valence-electron chi connectivity index (χ1n) is 13.2. The van der Waals surface area contributed by atoms with Crippen LogP contribution < -0.4 is 21.2 Å². The second kappa shape index (κ2) is 16.4. The molecule has 0 fully saturated rings. The Kier molecular flexibility index (Phi) is 13.7. The van der Waals surface area contributed by atoms with Crippen LogP contribution in [0.15, 0.2) is 121 Å². The van der Waals surface area contributed by atoms with Gasteiger partial charge in [0, 0.05) is 21.2 Å². The maximum atomic E-state index is 12.2. The van der Waals surface area contributed by atoms with Crippen LogP contribution in [-0.4, -0.2) is 32.2 Å². The molecule has 0 heterocycles. The SMILES string of the molecule is CC(C)CC(O)CC(C)O.O=P(O)(c1ccccc1)c1ccccc1.O=P(O)(c1ccccc1)c1ccccc1. The molecule has 2 unspecified atom stereocenters. The van der Waals surface area contributed by atoms with Crippen molar-refractivity contribution in [3.05, 3.63) is 121 Å². The molecular formula is C32H40O6P2. The van der Waals surface area contributed by atoms with E-state index in [1.807, 2.05) is 24.3 Å². The molecule has 0 bridgehead atoms. The van der Waals surface area contributed by atoms with Gasteiger partial charge in [0.15, 0.2) is 0 Å². The molecule has 0 saturated carbocycles. The zero-order valence-electron chi connectivity index (χ0n) is 23.2. The molecule has 0 radical (unpaired) electrons. The maximum Gasteiger partial charge on any atom is 0.258 e. The summed E-state index contributed by atoms with van der Waals surface area (Å²) in [4.78, 5) is 20.0. The van der Waals surface area contributed by atoms with Crippen molar-refractivity contribution < 1.29 is 29.1 Å². The van der Waals surface area contributed by atoms with E-state index in [-0.39, 0.29) is 12.2 Å². The number of hydrogen-bond donors (Lipinski definition) is 4. The van der Waals surface area contributed by atoms with Gasteiger partial charge in [-0.2, -0.15) is 0 Å². The summed E-state index contributed by atoms with van der Waals surface area (Å²) < 4.78 is 24.3. The van der Waals surface area contributed by atoms with Gasteiger partial charge in [0.1, 0.15) is 0 Å². The third kappa shape index (κ3) is 11.0. The Morgan fingerprint density at radius 3 is 0.950 bits per heavy atom. The largest absolute Gasteiger partial charge is 0.393 e. The fourth-order valence-electron chi connectivity index (χ4n) is 3.85. The predicted octanol–water partition coefficient (Wildman–Crippen LogP) is 4.98. The number of aliphatic hydroxyl groups is 2. The van der Waals surface area contributed by atoms with Gasteiger partial charge in [-0.15, -0.1) is 0 Å². The number of benzene rings is 4. The second-order valence-electron chi connectivity index (χ2n) is 9.86. The highest BCUT2D eigenvalue weighted by Crippen LogP contribution is 2.38. The maximum absolute atomic E-state index is 12.2. The van der Waals surface area contributed by atoms with Crippen LogP contribution in [0.3, 0.4) is 0 Å². The van der Waals surface area contributed by atoms with Crippen molar-refractivity contribution in [2.45, 2.75) is 45.8 Å². The molecule has 4 aromatic rings. The highest BCUT2D eigenvalue weighted by atomic mass is 31.2. The predicted molar refractivity (Wildman–Crippen MR) is 166 cm³/mol. The van der Waals surface area contributed by atoms with Crippen LogP contribution in [0.4, 0.5) is 0 Å². The van der Waals surface area contributed by atoms with E-state index in [4.69, 9.17) is 5.11 Å². The molecule has 0 aliphatic heterocycles. The van der Waals surface area contributed by atoms with Gasteiger partial charge in [-0.05, 0) is 74.2 Å². The molecule has 4 aromatic carbocycles. The van der Waals surface area contributed by atoms with E-state index in [1.165, 1.54) is 0 Å². The van der Waals surface area contributed by atoms with Crippen LogP contribution in [0.25, 0.3) is 0 Å². The molecule has 0 amide bonds. The lowest BCUT2D eigenvalue weighted by atomic mass is 10.0. The van der Waals surface area contributed by atoms with Crippen LogP contribution >= 0.6 is 14.7 Å². The minimum absolute atomic E-state index is 0.333. The van der Waals surface area contributed by atoms with Gasteiger partial charge in [-0.25, -0.2) is 0 Å². The Bertz CT molecular complexity index is 1140. The van der Waals surface area contributed by atoms with Crippen LogP contribution in [0.1, 0.15) is 33.6 Å². The van der Waals surface area contributed by atoms with Crippen LogP contribution in [0, 0.1) is 5.92 Å². The Labute approximate surface area is 237 Å². The molecule has 0 saturated heterocycles. The molecule has 40 heavy (non-hydrogen) atoms. The van der Waals surface area contributed by atoms with E-state index in [9.17, 15) is 24.0 Å². The van der Waals surface area contributed by atoms with Crippen LogP contribution in [0.5, 0.6) is 0 Å². The van der Waals surface area contributed by atoms with E-state index in [2.05, 4.69) is 13.8 Å². The average Bonchev–Trinajstić information content (AvgIpc) is 2.95. The third-order valence-electron chi connectivity index (χ3n) is 5.78. The monoisotopic (exact) mass is 582 g/mol. The lowest BCUT2D eigenvalue weighted by Gasteiger charge is -2.13. The molecule has 0 aliphatic carbocycles. The molecule has 8 heteroatoms. The summed E-state index contributed by atoms with van der Waals surface area (Å²) in [5.74, 6) is 0.508. The quantitative estimate of drug-likeness (QED) is 0.218. The minimum atomic E-state index is -3.40. The topological polar surface area (TPSA) is 115 Å². The van der Waals surface area contributed by atoms with Crippen LogP contribution in [0.2, 0.25) is 0 Å². The fourth-order valence-corrected chi connectivity index (χ4v) is 6.75. The molecule has 6 nitrogen and oxygen atoms in total. The van der Waals surface area contributed by atoms with E-state index in [1.54, 1.807) is 104 Å². The Hall–Kier alpha value is -2.82. The van der Waals surface area contributed by atoms with Gasteiger partial charge < -0.3 is 20.0 Å². The number of aliphatic hydroxyl groups excluding tert-OH is 2. The molecule has 214 valence electrons. The molecule has 4 rings (SSSR count). The smallest absolute Gasteiger partial charge is 0.258 e. The van der Waals surface area contributed by atoms with E-state index < -0.39 is 14.7 Å². The zero-order valence-corrected chi connectivity index (χ0v) is 25.0. The van der Waals surface area contributed by atoms with Gasteiger partial charge in [-0.3, -0.25) is 9.13 Å². The summed E-state index contributed by atoms with van der Waals surface area (Å²) in [6.07, 6.45) is 0.567. The molecular weight excluding hydrogens is 542 g/mol. The summed E-state index contributed by atoms with van der Waals surface area (Å²) in [7, 11) is -6.79. The highest BCUT2D eigenvalue weighted by molar-refractivity contribution is 7.73. The Morgan fingerprint density at radius 2 is 0.750 bits per heavy atom. The van der Waals surface area contributed by atoms with Gasteiger partial charge in [0.25, 0.3) is 14.7 Å². The Balaban J connectivity index is 0.000000216. The van der Waals surface area contributed by atoms with Crippen molar-refractivity contribution in [2.24, 2.45) is 5.92 Å². The van der Waals surface area contributed by atoms with E-state index in [0.717, 1.165) is 6.42 Å². The second-order valence-corrected chi connectivity index (χ2v) is 14.2. The van der Waals surface area contributed by atoms with Gasteiger partial charge in [-0.1, -0.05) is 86.6 Å². The Morgan fingerprint density at radius 1 is 0.500 bits per heavy atom.